The molecule has 1 aromatic heterocycles. The monoisotopic (exact) mass is 203 g/mol. The summed E-state index contributed by atoms with van der Waals surface area (Å²) in [5.74, 6) is 0. The molecule has 0 saturated carbocycles. The first kappa shape index (κ1) is 9.22. The molecule has 0 N–H and O–H groups in total. The first-order chi connectivity index (χ1) is 7.34. The van der Waals surface area contributed by atoms with Gasteiger partial charge in [0.1, 0.15) is 0 Å². The summed E-state index contributed by atoms with van der Waals surface area (Å²) in [5, 5.41) is 0. The van der Waals surface area contributed by atoms with Crippen LogP contribution in [0.1, 0.15) is 31.2 Å². The predicted octanol–water partition coefficient (Wildman–Crippen LogP) is 2.92. The van der Waals surface area contributed by atoms with Gasteiger partial charge in [-0.3, -0.25) is 4.90 Å². The van der Waals surface area contributed by atoms with Crippen LogP contribution in [0, 0.1) is 0 Å². The molecule has 2 unspecified atom stereocenters. The van der Waals surface area contributed by atoms with Gasteiger partial charge in [0.15, 0.2) is 0 Å². The largest absolute Gasteiger partial charge is 0.472 e. The summed E-state index contributed by atoms with van der Waals surface area (Å²) in [6, 6.07) is 3.48. The Morgan fingerprint density at radius 3 is 3.07 bits per heavy atom. The zero-order valence-corrected chi connectivity index (χ0v) is 9.15. The molecule has 0 aliphatic carbocycles. The third kappa shape index (κ3) is 1.53. The van der Waals surface area contributed by atoms with E-state index in [4.69, 9.17) is 4.42 Å². The van der Waals surface area contributed by atoms with Gasteiger partial charge in [0.2, 0.25) is 0 Å². The maximum atomic E-state index is 5.16. The van der Waals surface area contributed by atoms with E-state index in [9.17, 15) is 0 Å². The van der Waals surface area contributed by atoms with Gasteiger partial charge < -0.3 is 4.42 Å². The zero-order valence-electron chi connectivity index (χ0n) is 9.15. The fourth-order valence-electron chi connectivity index (χ4n) is 2.90. The summed E-state index contributed by atoms with van der Waals surface area (Å²) in [5.41, 5.74) is 2.76. The molecule has 0 spiro atoms. The van der Waals surface area contributed by atoms with Crippen molar-refractivity contribution in [3.63, 3.8) is 0 Å². The summed E-state index contributed by atoms with van der Waals surface area (Å²) >= 11 is 0. The smallest absolute Gasteiger partial charge is 0.0977 e. The first-order valence-corrected chi connectivity index (χ1v) is 5.80. The number of rotatable bonds is 1. The van der Waals surface area contributed by atoms with E-state index >= 15 is 0 Å². The second-order valence-corrected chi connectivity index (χ2v) is 4.73. The summed E-state index contributed by atoms with van der Waals surface area (Å²) in [7, 11) is 2.26. The summed E-state index contributed by atoms with van der Waals surface area (Å²) in [6.45, 7) is 0. The van der Waals surface area contributed by atoms with Crippen molar-refractivity contribution in [3.05, 3.63) is 30.2 Å². The highest BCUT2D eigenvalue weighted by Gasteiger charge is 2.31. The van der Waals surface area contributed by atoms with Crippen LogP contribution in [0.4, 0.5) is 0 Å². The van der Waals surface area contributed by atoms with Crippen molar-refractivity contribution < 1.29 is 4.42 Å². The Kier molecular flexibility index (Phi) is 2.17. The average molecular weight is 203 g/mol. The van der Waals surface area contributed by atoms with Crippen LogP contribution in [0.25, 0.3) is 5.57 Å². The van der Waals surface area contributed by atoms with Crippen LogP contribution in [0.15, 0.2) is 29.1 Å². The van der Waals surface area contributed by atoms with Crippen molar-refractivity contribution in [3.8, 4) is 0 Å². The van der Waals surface area contributed by atoms with Gasteiger partial charge in [-0.05, 0) is 37.9 Å². The predicted molar refractivity (Wildman–Crippen MR) is 60.5 cm³/mol. The fraction of sp³-hybridized carbons (Fsp3) is 0.538. The lowest BCUT2D eigenvalue weighted by Gasteiger charge is -2.42. The molecule has 0 amide bonds. The summed E-state index contributed by atoms with van der Waals surface area (Å²) < 4.78 is 5.16. The Hall–Kier alpha value is -1.02. The SMILES string of the molecule is CN1C2C=C(c3ccoc3)CC1CCC2. The van der Waals surface area contributed by atoms with Gasteiger partial charge in [0.05, 0.1) is 12.5 Å². The summed E-state index contributed by atoms with van der Waals surface area (Å²) in [4.78, 5) is 2.53. The molecule has 1 fully saturated rings. The van der Waals surface area contributed by atoms with E-state index in [0.717, 1.165) is 6.04 Å². The molecule has 2 bridgehead atoms. The van der Waals surface area contributed by atoms with Gasteiger partial charge in [0, 0.05) is 17.6 Å². The van der Waals surface area contributed by atoms with Gasteiger partial charge in [-0.2, -0.15) is 0 Å². The van der Waals surface area contributed by atoms with E-state index in [2.05, 4.69) is 24.1 Å². The lowest BCUT2D eigenvalue weighted by molar-refractivity contribution is 0.137. The highest BCUT2D eigenvalue weighted by molar-refractivity contribution is 5.66. The molecule has 3 heterocycles. The van der Waals surface area contributed by atoms with Crippen molar-refractivity contribution in [2.75, 3.05) is 7.05 Å². The van der Waals surface area contributed by atoms with Crippen molar-refractivity contribution in [2.45, 2.75) is 37.8 Å². The number of hydrogen-bond acceptors (Lipinski definition) is 2. The van der Waals surface area contributed by atoms with Crippen LogP contribution < -0.4 is 0 Å². The third-order valence-corrected chi connectivity index (χ3v) is 3.88. The molecule has 0 aromatic carbocycles. The van der Waals surface area contributed by atoms with Crippen molar-refractivity contribution in [1.82, 2.24) is 4.90 Å². The van der Waals surface area contributed by atoms with Crippen LogP contribution in [-0.4, -0.2) is 24.0 Å². The van der Waals surface area contributed by atoms with Gasteiger partial charge in [-0.25, -0.2) is 0 Å². The van der Waals surface area contributed by atoms with Gasteiger partial charge in [-0.1, -0.05) is 12.5 Å². The topological polar surface area (TPSA) is 16.4 Å². The lowest BCUT2D eigenvalue weighted by atomic mass is 9.84. The highest BCUT2D eigenvalue weighted by atomic mass is 16.3. The molecular weight excluding hydrogens is 186 g/mol. The highest BCUT2D eigenvalue weighted by Crippen LogP contribution is 2.35. The van der Waals surface area contributed by atoms with Crippen molar-refractivity contribution in [1.29, 1.82) is 0 Å². The Morgan fingerprint density at radius 2 is 2.33 bits per heavy atom. The molecule has 2 aliphatic rings. The molecular formula is C13H17NO. The van der Waals surface area contributed by atoms with Crippen molar-refractivity contribution in [2.24, 2.45) is 0 Å². The van der Waals surface area contributed by atoms with E-state index in [0.29, 0.717) is 6.04 Å². The number of likely N-dealkylation sites (N-methyl/N-ethyl adjacent to an activating group) is 1. The summed E-state index contributed by atoms with van der Waals surface area (Å²) in [6.07, 6.45) is 11.3. The van der Waals surface area contributed by atoms with Gasteiger partial charge >= 0.3 is 0 Å². The maximum absolute atomic E-state index is 5.16. The minimum absolute atomic E-state index is 0.655. The molecule has 1 aromatic rings. The Bertz CT molecular complexity index is 366. The molecule has 1 saturated heterocycles. The minimum Gasteiger partial charge on any atom is -0.472 e. The molecule has 15 heavy (non-hydrogen) atoms. The van der Waals surface area contributed by atoms with E-state index in [1.165, 1.54) is 36.8 Å². The second kappa shape index (κ2) is 3.53. The normalized spacial score (nSPS) is 31.4. The Labute approximate surface area is 90.6 Å². The molecule has 2 heteroatoms. The van der Waals surface area contributed by atoms with Crippen LogP contribution in [0.3, 0.4) is 0 Å². The van der Waals surface area contributed by atoms with Crippen LogP contribution in [0.2, 0.25) is 0 Å². The van der Waals surface area contributed by atoms with Crippen LogP contribution in [0.5, 0.6) is 0 Å². The zero-order chi connectivity index (χ0) is 10.3. The van der Waals surface area contributed by atoms with Crippen LogP contribution >= 0.6 is 0 Å². The van der Waals surface area contributed by atoms with E-state index in [1.54, 1.807) is 6.26 Å². The van der Waals surface area contributed by atoms with E-state index < -0.39 is 0 Å². The molecule has 80 valence electrons. The standard InChI is InChI=1S/C13H17NO/c1-14-12-3-2-4-13(14)8-11(7-12)10-5-6-15-9-10/h5-7,9,12-13H,2-4,8H2,1H3. The van der Waals surface area contributed by atoms with Crippen LogP contribution in [-0.2, 0) is 0 Å². The van der Waals surface area contributed by atoms with E-state index in [1.807, 2.05) is 6.26 Å². The van der Waals surface area contributed by atoms with Gasteiger partial charge in [0.25, 0.3) is 0 Å². The van der Waals surface area contributed by atoms with Crippen molar-refractivity contribution >= 4 is 5.57 Å². The second-order valence-electron chi connectivity index (χ2n) is 4.73. The molecule has 2 atom stereocenters. The average Bonchev–Trinajstić information content (AvgIpc) is 2.70. The molecule has 0 radical (unpaired) electrons. The number of nitrogens with zero attached hydrogens (tertiary/aromatic N) is 1. The molecule has 2 nitrogen and oxygen atoms in total. The third-order valence-electron chi connectivity index (χ3n) is 3.88. The first-order valence-electron chi connectivity index (χ1n) is 5.80. The number of fused-ring (bicyclic) bond motifs is 2. The number of furan rings is 1. The number of hydrogen-bond donors (Lipinski definition) is 0. The molecule has 3 rings (SSSR count). The quantitative estimate of drug-likeness (QED) is 0.697. The number of piperidine rings is 1. The maximum Gasteiger partial charge on any atom is 0.0977 e. The Balaban J connectivity index is 1.93. The minimum atomic E-state index is 0.655. The Morgan fingerprint density at radius 1 is 1.40 bits per heavy atom. The lowest BCUT2D eigenvalue weighted by Crippen LogP contribution is -2.45. The van der Waals surface area contributed by atoms with Gasteiger partial charge in [-0.15, -0.1) is 0 Å². The fourth-order valence-corrected chi connectivity index (χ4v) is 2.90. The van der Waals surface area contributed by atoms with E-state index in [-0.39, 0.29) is 0 Å². The molecule has 2 aliphatic heterocycles.